The van der Waals surface area contributed by atoms with Gasteiger partial charge in [0, 0.05) is 32.7 Å². The summed E-state index contributed by atoms with van der Waals surface area (Å²) in [5.41, 5.74) is -0.746. The molecule has 0 radical (unpaired) electrons. The summed E-state index contributed by atoms with van der Waals surface area (Å²) in [7, 11) is -2.28. The lowest BCUT2D eigenvalue weighted by Crippen LogP contribution is -2.61. The Kier molecular flexibility index (Phi) is 14.0. The molecule has 3 aliphatic rings. The molecule has 6 atom stereocenters. The SMILES string of the molecule is C=CCNC(=O)C(=O)C(CCCC)NC(=O)[C@@H]1[C@@H]2[C@H](CN1C(=O)[C@@H](NC(=O)N[C@H](CN(C)S(=O)(=O)c1cccs1)C(C)(C)C)C1CCCCC1)C2(C)C. The molecule has 1 aliphatic heterocycles. The highest BCUT2D eigenvalue weighted by atomic mass is 32.2. The van der Waals surface area contributed by atoms with Gasteiger partial charge in [-0.1, -0.05) is 85.8 Å². The Morgan fingerprint density at radius 2 is 1.77 bits per heavy atom. The Bertz CT molecular complexity index is 1600. The zero-order valence-corrected chi connectivity index (χ0v) is 34.0. The normalized spacial score (nSPS) is 22.9. The minimum atomic E-state index is -3.77. The minimum absolute atomic E-state index is 0.00946. The van der Waals surface area contributed by atoms with Crippen LogP contribution < -0.4 is 21.3 Å². The summed E-state index contributed by atoms with van der Waals surface area (Å²) in [4.78, 5) is 70.1. The van der Waals surface area contributed by atoms with Crippen LogP contribution in [0.25, 0.3) is 0 Å². The second kappa shape index (κ2) is 17.4. The minimum Gasteiger partial charge on any atom is -0.346 e. The van der Waals surface area contributed by atoms with Crippen LogP contribution in [0.5, 0.6) is 0 Å². The number of Topliss-reactive ketones (excluding diaryl/α,β-unsaturated/α-hetero) is 1. The number of hydrogen-bond acceptors (Lipinski definition) is 8. The Morgan fingerprint density at radius 3 is 2.36 bits per heavy atom. The predicted octanol–water partition coefficient (Wildman–Crippen LogP) is 4.06. The molecule has 2 saturated carbocycles. The van der Waals surface area contributed by atoms with E-state index in [0.717, 1.165) is 49.9 Å². The van der Waals surface area contributed by atoms with Crippen LogP contribution in [0.4, 0.5) is 4.79 Å². The molecule has 2 aliphatic carbocycles. The zero-order valence-electron chi connectivity index (χ0n) is 32.4. The van der Waals surface area contributed by atoms with Gasteiger partial charge in [0.15, 0.2) is 0 Å². The van der Waals surface area contributed by atoms with Crippen molar-refractivity contribution < 1.29 is 32.4 Å². The molecule has 5 amide bonds. The fraction of sp³-hybridized carbons (Fsp3) is 0.711. The third-order valence-electron chi connectivity index (χ3n) is 11.5. The maximum absolute atomic E-state index is 14.7. The highest BCUT2D eigenvalue weighted by molar-refractivity contribution is 7.91. The van der Waals surface area contributed by atoms with Crippen LogP contribution in [-0.4, -0.2) is 98.0 Å². The average molecular weight is 777 g/mol. The molecule has 53 heavy (non-hydrogen) atoms. The highest BCUT2D eigenvalue weighted by Gasteiger charge is 2.69. The number of likely N-dealkylation sites (N-methyl/N-ethyl adjacent to an activating group) is 1. The van der Waals surface area contributed by atoms with Crippen LogP contribution in [0.2, 0.25) is 0 Å². The molecule has 296 valence electrons. The van der Waals surface area contributed by atoms with Crippen LogP contribution in [0, 0.1) is 28.6 Å². The number of hydrogen-bond donors (Lipinski definition) is 4. The maximum atomic E-state index is 14.7. The Labute approximate surface area is 319 Å². The molecule has 4 rings (SSSR count). The van der Waals surface area contributed by atoms with E-state index in [1.165, 1.54) is 17.4 Å². The van der Waals surface area contributed by atoms with E-state index in [1.54, 1.807) is 22.4 Å². The largest absolute Gasteiger partial charge is 0.346 e. The number of piperidine rings is 1. The van der Waals surface area contributed by atoms with E-state index in [1.807, 2.05) is 27.7 Å². The van der Waals surface area contributed by atoms with Gasteiger partial charge in [-0.25, -0.2) is 13.2 Å². The number of thiophene rings is 1. The number of carbonyl (C=O) groups excluding carboxylic acids is 5. The van der Waals surface area contributed by atoms with Gasteiger partial charge in [-0.3, -0.25) is 19.2 Å². The molecule has 1 saturated heterocycles. The molecule has 15 heteroatoms. The number of rotatable bonds is 17. The number of ketones is 1. The number of nitrogens with one attached hydrogen (secondary N) is 4. The van der Waals surface area contributed by atoms with Crippen LogP contribution in [-0.2, 0) is 29.2 Å². The van der Waals surface area contributed by atoms with E-state index in [4.69, 9.17) is 0 Å². The molecular weight excluding hydrogens is 717 g/mol. The molecule has 4 N–H and O–H groups in total. The fourth-order valence-corrected chi connectivity index (χ4v) is 10.4. The second-order valence-electron chi connectivity index (χ2n) is 16.6. The van der Waals surface area contributed by atoms with Crippen molar-refractivity contribution in [1.29, 1.82) is 0 Å². The van der Waals surface area contributed by atoms with E-state index >= 15 is 0 Å². The third kappa shape index (κ3) is 9.88. The summed E-state index contributed by atoms with van der Waals surface area (Å²) in [5.74, 6) is -2.59. The average Bonchev–Trinajstić information content (AvgIpc) is 3.57. The number of urea groups is 1. The summed E-state index contributed by atoms with van der Waals surface area (Å²) in [5, 5.41) is 13.0. The highest BCUT2D eigenvalue weighted by Crippen LogP contribution is 2.65. The smallest absolute Gasteiger partial charge is 0.315 e. The third-order valence-corrected chi connectivity index (χ3v) is 14.7. The maximum Gasteiger partial charge on any atom is 0.315 e. The van der Waals surface area contributed by atoms with E-state index in [2.05, 4.69) is 41.7 Å². The van der Waals surface area contributed by atoms with E-state index in [-0.39, 0.29) is 52.8 Å². The summed E-state index contributed by atoms with van der Waals surface area (Å²) in [6.07, 6.45) is 7.44. The van der Waals surface area contributed by atoms with Crippen LogP contribution in [0.1, 0.15) is 92.9 Å². The summed E-state index contributed by atoms with van der Waals surface area (Å²) >= 11 is 1.13. The van der Waals surface area contributed by atoms with Crippen LogP contribution in [0.15, 0.2) is 34.4 Å². The lowest BCUT2D eigenvalue weighted by Gasteiger charge is -2.38. The van der Waals surface area contributed by atoms with Gasteiger partial charge >= 0.3 is 6.03 Å². The zero-order chi connectivity index (χ0) is 39.3. The van der Waals surface area contributed by atoms with Gasteiger partial charge in [0.25, 0.3) is 15.9 Å². The van der Waals surface area contributed by atoms with Crippen molar-refractivity contribution in [2.24, 2.45) is 28.6 Å². The lowest BCUT2D eigenvalue weighted by molar-refractivity contribution is -0.144. The Morgan fingerprint density at radius 1 is 1.09 bits per heavy atom. The first kappa shape index (κ1) is 42.4. The van der Waals surface area contributed by atoms with Crippen molar-refractivity contribution in [1.82, 2.24) is 30.5 Å². The summed E-state index contributed by atoms with van der Waals surface area (Å²) < 4.78 is 27.9. The molecule has 1 aromatic rings. The van der Waals surface area contributed by atoms with Crippen LogP contribution >= 0.6 is 11.3 Å². The number of nitrogens with zero attached hydrogens (tertiary/aromatic N) is 2. The van der Waals surface area contributed by atoms with Gasteiger partial charge in [0.2, 0.25) is 17.6 Å². The molecule has 1 aromatic heterocycles. The van der Waals surface area contributed by atoms with Crippen LogP contribution in [0.3, 0.4) is 0 Å². The van der Waals surface area contributed by atoms with E-state index in [9.17, 15) is 32.4 Å². The fourth-order valence-electron chi connectivity index (χ4n) is 7.98. The molecule has 3 fully saturated rings. The van der Waals surface area contributed by atoms with E-state index in [0.29, 0.717) is 13.0 Å². The molecule has 13 nitrogen and oxygen atoms in total. The van der Waals surface area contributed by atoms with Crippen molar-refractivity contribution in [3.63, 3.8) is 0 Å². The van der Waals surface area contributed by atoms with Crippen molar-refractivity contribution in [3.8, 4) is 0 Å². The quantitative estimate of drug-likeness (QED) is 0.136. The number of fused-ring (bicyclic) bond motifs is 1. The first-order chi connectivity index (χ1) is 24.9. The second-order valence-corrected chi connectivity index (χ2v) is 19.8. The summed E-state index contributed by atoms with van der Waals surface area (Å²) in [6, 6.07) is -0.800. The predicted molar refractivity (Wildman–Crippen MR) is 205 cm³/mol. The number of unbranched alkanes of at least 4 members (excludes halogenated alkanes) is 1. The molecule has 1 unspecified atom stereocenters. The molecular formula is C38H60N6O7S2. The first-order valence-corrected chi connectivity index (χ1v) is 21.3. The van der Waals surface area contributed by atoms with Gasteiger partial charge in [-0.2, -0.15) is 4.31 Å². The van der Waals surface area contributed by atoms with Gasteiger partial charge in [-0.05, 0) is 59.3 Å². The monoisotopic (exact) mass is 776 g/mol. The van der Waals surface area contributed by atoms with Crippen molar-refractivity contribution >= 4 is 50.9 Å². The van der Waals surface area contributed by atoms with Gasteiger partial charge in [-0.15, -0.1) is 17.9 Å². The number of carbonyl (C=O) groups is 5. The summed E-state index contributed by atoms with van der Waals surface area (Å²) in [6.45, 7) is 15.9. The standard InChI is InChI=1S/C38H60N6O7S2/c1-9-11-18-26(32(45)34(47)39-20-10-2)40-33(46)31-29-25(38(29,6)7)22-44(31)35(48)30(24-16-13-12-14-17-24)42-36(49)41-27(37(3,4)5)23-43(8)53(50,51)28-19-15-21-52-28/h10,15,19,21,24-27,29-31H,2,9,11-14,16-18,20,22-23H2,1,3-8H3,(H,39,47)(H,40,46)(H2,41,42,49)/t25-,26?,27+,29-,30-,31-/m0/s1. The van der Waals surface area contributed by atoms with Gasteiger partial charge in [0.05, 0.1) is 6.04 Å². The van der Waals surface area contributed by atoms with Gasteiger partial charge < -0.3 is 26.2 Å². The van der Waals surface area contributed by atoms with Crippen molar-refractivity contribution in [2.45, 2.75) is 121 Å². The Balaban J connectivity index is 1.56. The van der Waals surface area contributed by atoms with Crippen molar-refractivity contribution in [2.75, 3.05) is 26.7 Å². The molecule has 0 aromatic carbocycles. The van der Waals surface area contributed by atoms with Crippen molar-refractivity contribution in [3.05, 3.63) is 30.2 Å². The van der Waals surface area contributed by atoms with Gasteiger partial charge in [0.1, 0.15) is 16.3 Å². The van der Waals surface area contributed by atoms with E-state index < -0.39 is 63.2 Å². The molecule has 0 spiro atoms. The number of likely N-dealkylation sites (tertiary alicyclic amines) is 1. The molecule has 0 bridgehead atoms. The Hall–Kier alpha value is -3.30. The first-order valence-electron chi connectivity index (χ1n) is 19.0. The number of amides is 5. The number of sulfonamides is 1. The molecule has 2 heterocycles. The lowest BCUT2D eigenvalue weighted by atomic mass is 9.83. The topological polar surface area (TPSA) is 174 Å².